The number of nitrogens with two attached hydrogens (primary N) is 1. The second kappa shape index (κ2) is 6.56. The average Bonchev–Trinajstić information content (AvgIpc) is 2.55. The van der Waals surface area contributed by atoms with Crippen LogP contribution in [0.3, 0.4) is 0 Å². The van der Waals surface area contributed by atoms with Gasteiger partial charge in [-0.05, 0) is 23.8 Å². The number of ether oxygens (including phenoxy) is 1. The third-order valence-corrected chi connectivity index (χ3v) is 5.33. The lowest BCUT2D eigenvalue weighted by Crippen LogP contribution is -2.40. The number of sulfonamides is 1. The third kappa shape index (κ3) is 3.55. The summed E-state index contributed by atoms with van der Waals surface area (Å²) in [5.41, 5.74) is 1.02. The molecule has 1 aromatic carbocycles. The molecule has 6 nitrogen and oxygen atoms in total. The van der Waals surface area contributed by atoms with Crippen molar-refractivity contribution in [1.82, 2.24) is 4.98 Å². The van der Waals surface area contributed by atoms with E-state index in [2.05, 4.69) is 20.9 Å². The zero-order valence-corrected chi connectivity index (χ0v) is 14.6. The Morgan fingerprint density at radius 3 is 2.78 bits per heavy atom. The summed E-state index contributed by atoms with van der Waals surface area (Å²) in [6, 6.07) is 10.9. The summed E-state index contributed by atoms with van der Waals surface area (Å²) in [5, 5.41) is 5.30. The van der Waals surface area contributed by atoms with Crippen LogP contribution >= 0.6 is 15.9 Å². The van der Waals surface area contributed by atoms with Gasteiger partial charge in [0.1, 0.15) is 16.8 Å². The van der Waals surface area contributed by atoms with E-state index >= 15 is 0 Å². The number of anilines is 1. The quantitative estimate of drug-likeness (QED) is 0.856. The van der Waals surface area contributed by atoms with Crippen LogP contribution in [0.2, 0.25) is 0 Å². The van der Waals surface area contributed by atoms with Crippen LogP contribution in [0.1, 0.15) is 11.7 Å². The number of nitrogens with zero attached hydrogens (tertiary/aromatic N) is 2. The largest absolute Gasteiger partial charge is 0.370 e. The zero-order chi connectivity index (χ0) is 16.4. The number of morpholine rings is 1. The van der Waals surface area contributed by atoms with Crippen LogP contribution in [0.25, 0.3) is 0 Å². The Balaban J connectivity index is 1.93. The first-order valence-electron chi connectivity index (χ1n) is 7.05. The van der Waals surface area contributed by atoms with E-state index in [1.54, 1.807) is 12.3 Å². The summed E-state index contributed by atoms with van der Waals surface area (Å²) < 4.78 is 30.3. The minimum atomic E-state index is -3.83. The summed E-state index contributed by atoms with van der Waals surface area (Å²) in [4.78, 5) is 6.15. The molecule has 0 saturated carbocycles. The Morgan fingerprint density at radius 2 is 2.04 bits per heavy atom. The monoisotopic (exact) mass is 397 g/mol. The topological polar surface area (TPSA) is 85.5 Å². The summed E-state index contributed by atoms with van der Waals surface area (Å²) >= 11 is 3.52. The molecule has 1 fully saturated rings. The van der Waals surface area contributed by atoms with Crippen molar-refractivity contribution in [2.75, 3.05) is 24.6 Å². The molecule has 0 spiro atoms. The predicted octanol–water partition coefficient (Wildman–Crippen LogP) is 2.07. The molecule has 0 radical (unpaired) electrons. The molecule has 23 heavy (non-hydrogen) atoms. The highest BCUT2D eigenvalue weighted by Crippen LogP contribution is 2.31. The molecule has 2 aromatic rings. The Kier molecular flexibility index (Phi) is 4.67. The van der Waals surface area contributed by atoms with Gasteiger partial charge in [0.2, 0.25) is 10.0 Å². The minimum absolute atomic E-state index is 0.0350. The molecule has 122 valence electrons. The van der Waals surface area contributed by atoms with Crippen LogP contribution in [0.15, 0.2) is 52.0 Å². The summed E-state index contributed by atoms with van der Waals surface area (Å²) in [6.45, 7) is 1.54. The van der Waals surface area contributed by atoms with Gasteiger partial charge < -0.3 is 9.64 Å². The Labute approximate surface area is 143 Å². The molecule has 1 saturated heterocycles. The van der Waals surface area contributed by atoms with Crippen molar-refractivity contribution in [3.05, 3.63) is 52.6 Å². The lowest BCUT2D eigenvalue weighted by Gasteiger charge is -2.34. The SMILES string of the molecule is NS(=O)(=O)c1cccnc1N1CCOC(c2ccccc2Br)C1. The van der Waals surface area contributed by atoms with E-state index in [4.69, 9.17) is 9.88 Å². The Hall–Kier alpha value is -1.48. The number of hydrogen-bond donors (Lipinski definition) is 1. The molecule has 1 aromatic heterocycles. The molecule has 8 heteroatoms. The van der Waals surface area contributed by atoms with E-state index in [0.29, 0.717) is 25.5 Å². The van der Waals surface area contributed by atoms with E-state index in [1.165, 1.54) is 6.07 Å². The number of aromatic nitrogens is 1. The molecular formula is C15H16BrN3O3S. The first kappa shape index (κ1) is 16.4. The summed E-state index contributed by atoms with van der Waals surface area (Å²) in [6.07, 6.45) is 1.39. The Morgan fingerprint density at radius 1 is 1.26 bits per heavy atom. The molecule has 1 aliphatic rings. The standard InChI is InChI=1S/C15H16BrN3O3S/c16-12-5-2-1-4-11(12)13-10-19(8-9-22-13)15-14(23(17,20)21)6-3-7-18-15/h1-7,13H,8-10H2,(H2,17,20,21). The van der Waals surface area contributed by atoms with E-state index < -0.39 is 10.0 Å². The maximum atomic E-state index is 11.8. The van der Waals surface area contributed by atoms with E-state index in [1.807, 2.05) is 29.2 Å². The van der Waals surface area contributed by atoms with E-state index in [-0.39, 0.29) is 11.0 Å². The molecule has 1 aliphatic heterocycles. The van der Waals surface area contributed by atoms with Crippen molar-refractivity contribution in [2.45, 2.75) is 11.0 Å². The fourth-order valence-corrected chi connectivity index (χ4v) is 3.85. The molecule has 3 rings (SSSR count). The van der Waals surface area contributed by atoms with Gasteiger partial charge in [0, 0.05) is 23.8 Å². The molecule has 1 unspecified atom stereocenters. The lowest BCUT2D eigenvalue weighted by molar-refractivity contribution is 0.0389. The maximum Gasteiger partial charge on any atom is 0.241 e. The average molecular weight is 398 g/mol. The third-order valence-electron chi connectivity index (χ3n) is 3.68. The predicted molar refractivity (Wildman–Crippen MR) is 90.7 cm³/mol. The molecular weight excluding hydrogens is 382 g/mol. The van der Waals surface area contributed by atoms with Crippen LogP contribution in [-0.2, 0) is 14.8 Å². The van der Waals surface area contributed by atoms with Crippen molar-refractivity contribution in [1.29, 1.82) is 0 Å². The van der Waals surface area contributed by atoms with Crippen molar-refractivity contribution in [3.63, 3.8) is 0 Å². The summed E-state index contributed by atoms with van der Waals surface area (Å²) in [5.74, 6) is 0.371. The van der Waals surface area contributed by atoms with Crippen LogP contribution in [-0.4, -0.2) is 33.1 Å². The van der Waals surface area contributed by atoms with Gasteiger partial charge in [0.05, 0.1) is 6.61 Å². The smallest absolute Gasteiger partial charge is 0.241 e. The van der Waals surface area contributed by atoms with E-state index in [9.17, 15) is 8.42 Å². The fraction of sp³-hybridized carbons (Fsp3) is 0.267. The van der Waals surface area contributed by atoms with Gasteiger partial charge in [-0.2, -0.15) is 0 Å². The minimum Gasteiger partial charge on any atom is -0.370 e. The lowest BCUT2D eigenvalue weighted by atomic mass is 10.1. The molecule has 0 aliphatic carbocycles. The highest BCUT2D eigenvalue weighted by Gasteiger charge is 2.27. The van der Waals surface area contributed by atoms with E-state index in [0.717, 1.165) is 10.0 Å². The van der Waals surface area contributed by atoms with Crippen molar-refractivity contribution in [2.24, 2.45) is 5.14 Å². The van der Waals surface area contributed by atoms with Gasteiger partial charge in [-0.25, -0.2) is 18.5 Å². The van der Waals surface area contributed by atoms with Gasteiger partial charge in [0.15, 0.2) is 0 Å². The second-order valence-electron chi connectivity index (χ2n) is 5.20. The number of benzene rings is 1. The maximum absolute atomic E-state index is 11.8. The van der Waals surface area contributed by atoms with Gasteiger partial charge >= 0.3 is 0 Å². The van der Waals surface area contributed by atoms with Crippen molar-refractivity contribution in [3.8, 4) is 0 Å². The second-order valence-corrected chi connectivity index (χ2v) is 7.58. The van der Waals surface area contributed by atoms with Crippen LogP contribution in [0, 0.1) is 0 Å². The molecule has 0 amide bonds. The molecule has 2 N–H and O–H groups in total. The van der Waals surface area contributed by atoms with Gasteiger partial charge in [-0.1, -0.05) is 34.1 Å². The van der Waals surface area contributed by atoms with Crippen LogP contribution in [0.4, 0.5) is 5.82 Å². The molecule has 0 bridgehead atoms. The number of rotatable bonds is 3. The first-order valence-corrected chi connectivity index (χ1v) is 9.39. The Bertz CT molecular complexity index is 813. The molecule has 2 heterocycles. The normalized spacial score (nSPS) is 18.9. The van der Waals surface area contributed by atoms with Crippen LogP contribution in [0.5, 0.6) is 0 Å². The van der Waals surface area contributed by atoms with Gasteiger partial charge in [0.25, 0.3) is 0 Å². The van der Waals surface area contributed by atoms with Crippen molar-refractivity contribution < 1.29 is 13.2 Å². The number of pyridine rings is 1. The summed E-state index contributed by atoms with van der Waals surface area (Å²) in [7, 11) is -3.83. The van der Waals surface area contributed by atoms with Crippen LogP contribution < -0.4 is 10.0 Å². The fourth-order valence-electron chi connectivity index (χ4n) is 2.61. The highest BCUT2D eigenvalue weighted by atomic mass is 79.9. The van der Waals surface area contributed by atoms with Gasteiger partial charge in [-0.3, -0.25) is 0 Å². The number of primary sulfonamides is 1. The number of hydrogen-bond acceptors (Lipinski definition) is 5. The number of halogens is 1. The van der Waals surface area contributed by atoms with Crippen molar-refractivity contribution >= 4 is 31.8 Å². The first-order chi connectivity index (χ1) is 11.0. The zero-order valence-electron chi connectivity index (χ0n) is 12.2. The molecule has 1 atom stereocenters. The van der Waals surface area contributed by atoms with Gasteiger partial charge in [-0.15, -0.1) is 0 Å². The highest BCUT2D eigenvalue weighted by molar-refractivity contribution is 9.10.